The van der Waals surface area contributed by atoms with Crippen LogP contribution in [0.5, 0.6) is 0 Å². The van der Waals surface area contributed by atoms with E-state index in [1.54, 1.807) is 0 Å². The molecule has 1 aliphatic rings. The van der Waals surface area contributed by atoms with E-state index in [1.165, 1.54) is 44.1 Å². The minimum absolute atomic E-state index is 0.344. The van der Waals surface area contributed by atoms with Crippen LogP contribution in [0.4, 0.5) is 0 Å². The Balaban J connectivity index is 2.32. The Kier molecular flexibility index (Phi) is 4.82. The van der Waals surface area contributed by atoms with Gasteiger partial charge in [-0.2, -0.15) is 0 Å². The van der Waals surface area contributed by atoms with Crippen molar-refractivity contribution in [2.24, 2.45) is 5.92 Å². The highest BCUT2D eigenvalue weighted by Gasteiger charge is 2.38. The van der Waals surface area contributed by atoms with Crippen LogP contribution in [0.2, 0.25) is 0 Å². The van der Waals surface area contributed by atoms with Gasteiger partial charge < -0.3 is 5.32 Å². The van der Waals surface area contributed by atoms with Gasteiger partial charge in [0.15, 0.2) is 0 Å². The average Bonchev–Trinajstić information content (AvgIpc) is 2.47. The molecule has 1 nitrogen and oxygen atoms in total. The molecule has 1 unspecified atom stereocenters. The standard InChI is InChI=1S/C17H27N/c1-3-17(14-18-2,15-10-6-4-7-11-15)16-12-8-5-9-13-16/h4,6-7,10-11,16,18H,3,5,8-9,12-14H2,1-2H3. The van der Waals surface area contributed by atoms with Crippen molar-refractivity contribution < 1.29 is 0 Å². The fraction of sp³-hybridized carbons (Fsp3) is 0.647. The molecule has 100 valence electrons. The van der Waals surface area contributed by atoms with Crippen molar-refractivity contribution in [2.75, 3.05) is 13.6 Å². The Hall–Kier alpha value is -0.820. The van der Waals surface area contributed by atoms with Crippen LogP contribution < -0.4 is 5.32 Å². The van der Waals surface area contributed by atoms with Crippen LogP contribution in [0.25, 0.3) is 0 Å². The van der Waals surface area contributed by atoms with E-state index < -0.39 is 0 Å². The second-order valence-corrected chi connectivity index (χ2v) is 5.74. The highest BCUT2D eigenvalue weighted by atomic mass is 14.8. The van der Waals surface area contributed by atoms with Gasteiger partial charge in [0.2, 0.25) is 0 Å². The molecule has 1 aliphatic carbocycles. The molecule has 1 fully saturated rings. The highest BCUT2D eigenvalue weighted by molar-refractivity contribution is 5.27. The summed E-state index contributed by atoms with van der Waals surface area (Å²) in [4.78, 5) is 0. The Bertz CT molecular complexity index is 340. The van der Waals surface area contributed by atoms with Crippen LogP contribution in [0, 0.1) is 5.92 Å². The normalized spacial score (nSPS) is 20.6. The van der Waals surface area contributed by atoms with Gasteiger partial charge in [0.1, 0.15) is 0 Å². The predicted molar refractivity (Wildman–Crippen MR) is 78.9 cm³/mol. The first-order chi connectivity index (χ1) is 8.83. The molecule has 1 aromatic rings. The molecule has 0 bridgehead atoms. The zero-order valence-corrected chi connectivity index (χ0v) is 11.9. The molecule has 1 N–H and O–H groups in total. The second kappa shape index (κ2) is 6.38. The summed E-state index contributed by atoms with van der Waals surface area (Å²) in [5.41, 5.74) is 1.88. The maximum Gasteiger partial charge on any atom is 0.0103 e. The molecule has 0 aliphatic heterocycles. The summed E-state index contributed by atoms with van der Waals surface area (Å²) in [6, 6.07) is 11.2. The van der Waals surface area contributed by atoms with Gasteiger partial charge >= 0.3 is 0 Å². The molecular formula is C17H27N. The third kappa shape index (κ3) is 2.61. The van der Waals surface area contributed by atoms with Gasteiger partial charge in [-0.25, -0.2) is 0 Å². The Morgan fingerprint density at radius 3 is 2.33 bits per heavy atom. The lowest BCUT2D eigenvalue weighted by molar-refractivity contribution is 0.191. The third-order valence-electron chi connectivity index (χ3n) is 4.86. The largest absolute Gasteiger partial charge is 0.319 e. The summed E-state index contributed by atoms with van der Waals surface area (Å²) in [7, 11) is 2.09. The monoisotopic (exact) mass is 245 g/mol. The Morgan fingerprint density at radius 1 is 1.11 bits per heavy atom. The lowest BCUT2D eigenvalue weighted by Gasteiger charge is -2.43. The molecule has 0 aromatic heterocycles. The molecule has 0 heterocycles. The highest BCUT2D eigenvalue weighted by Crippen LogP contribution is 2.43. The quantitative estimate of drug-likeness (QED) is 0.822. The van der Waals surface area contributed by atoms with E-state index in [2.05, 4.69) is 49.6 Å². The van der Waals surface area contributed by atoms with Gasteiger partial charge in [-0.05, 0) is 37.8 Å². The van der Waals surface area contributed by atoms with Crippen molar-refractivity contribution in [3.8, 4) is 0 Å². The van der Waals surface area contributed by atoms with E-state index in [0.29, 0.717) is 5.41 Å². The van der Waals surface area contributed by atoms with E-state index in [4.69, 9.17) is 0 Å². The van der Waals surface area contributed by atoms with E-state index in [1.807, 2.05) is 0 Å². The SMILES string of the molecule is CCC(CNC)(c1ccccc1)C1CCCCC1. The number of benzene rings is 1. The molecule has 1 saturated carbocycles. The van der Waals surface area contributed by atoms with Crippen molar-refractivity contribution in [1.82, 2.24) is 5.32 Å². The van der Waals surface area contributed by atoms with Crippen molar-refractivity contribution in [1.29, 1.82) is 0 Å². The zero-order chi connectivity index (χ0) is 12.8. The molecule has 1 heteroatoms. The van der Waals surface area contributed by atoms with Crippen molar-refractivity contribution in [2.45, 2.75) is 50.9 Å². The van der Waals surface area contributed by atoms with Crippen LogP contribution in [-0.2, 0) is 5.41 Å². The fourth-order valence-corrected chi connectivity index (χ4v) is 3.84. The third-order valence-corrected chi connectivity index (χ3v) is 4.86. The number of rotatable bonds is 5. The minimum atomic E-state index is 0.344. The van der Waals surface area contributed by atoms with Crippen LogP contribution >= 0.6 is 0 Å². The predicted octanol–water partition coefficient (Wildman–Crippen LogP) is 4.13. The number of nitrogens with one attached hydrogen (secondary N) is 1. The summed E-state index contributed by atoms with van der Waals surface area (Å²) in [6.07, 6.45) is 8.33. The fourth-order valence-electron chi connectivity index (χ4n) is 3.84. The molecule has 0 spiro atoms. The van der Waals surface area contributed by atoms with Crippen molar-refractivity contribution in [3.05, 3.63) is 35.9 Å². The lowest BCUT2D eigenvalue weighted by Crippen LogP contribution is -2.43. The molecule has 0 amide bonds. The minimum Gasteiger partial charge on any atom is -0.319 e. The van der Waals surface area contributed by atoms with E-state index in [0.717, 1.165) is 12.5 Å². The number of hydrogen-bond donors (Lipinski definition) is 1. The molecular weight excluding hydrogens is 218 g/mol. The molecule has 0 saturated heterocycles. The van der Waals surface area contributed by atoms with Gasteiger partial charge in [-0.15, -0.1) is 0 Å². The first kappa shape index (κ1) is 13.6. The summed E-state index contributed by atoms with van der Waals surface area (Å²) in [5, 5.41) is 3.46. The average molecular weight is 245 g/mol. The van der Waals surface area contributed by atoms with Gasteiger partial charge in [-0.3, -0.25) is 0 Å². The molecule has 18 heavy (non-hydrogen) atoms. The van der Waals surface area contributed by atoms with Gasteiger partial charge in [0.25, 0.3) is 0 Å². The molecule has 2 rings (SSSR count). The van der Waals surface area contributed by atoms with E-state index in [-0.39, 0.29) is 0 Å². The molecule has 1 atom stereocenters. The van der Waals surface area contributed by atoms with Crippen LogP contribution in [0.3, 0.4) is 0 Å². The van der Waals surface area contributed by atoms with Crippen LogP contribution in [0.15, 0.2) is 30.3 Å². The van der Waals surface area contributed by atoms with Crippen molar-refractivity contribution in [3.63, 3.8) is 0 Å². The number of hydrogen-bond acceptors (Lipinski definition) is 1. The maximum absolute atomic E-state index is 3.46. The van der Waals surface area contributed by atoms with Gasteiger partial charge in [-0.1, -0.05) is 56.5 Å². The van der Waals surface area contributed by atoms with Crippen LogP contribution in [-0.4, -0.2) is 13.6 Å². The second-order valence-electron chi connectivity index (χ2n) is 5.74. The maximum atomic E-state index is 3.46. The summed E-state index contributed by atoms with van der Waals surface area (Å²) >= 11 is 0. The topological polar surface area (TPSA) is 12.0 Å². The van der Waals surface area contributed by atoms with Gasteiger partial charge in [0, 0.05) is 12.0 Å². The summed E-state index contributed by atoms with van der Waals surface area (Å²) < 4.78 is 0. The van der Waals surface area contributed by atoms with Crippen LogP contribution in [0.1, 0.15) is 51.0 Å². The first-order valence-electron chi connectivity index (χ1n) is 7.53. The van der Waals surface area contributed by atoms with E-state index in [9.17, 15) is 0 Å². The van der Waals surface area contributed by atoms with Crippen molar-refractivity contribution >= 4 is 0 Å². The van der Waals surface area contributed by atoms with E-state index >= 15 is 0 Å². The molecule has 0 radical (unpaired) electrons. The Morgan fingerprint density at radius 2 is 1.78 bits per heavy atom. The molecule has 1 aromatic carbocycles. The number of likely N-dealkylation sites (N-methyl/N-ethyl adjacent to an activating group) is 1. The first-order valence-corrected chi connectivity index (χ1v) is 7.53. The lowest BCUT2D eigenvalue weighted by atomic mass is 9.63. The summed E-state index contributed by atoms with van der Waals surface area (Å²) in [5.74, 6) is 0.853. The zero-order valence-electron chi connectivity index (χ0n) is 11.9. The smallest absolute Gasteiger partial charge is 0.0103 e. The summed E-state index contributed by atoms with van der Waals surface area (Å²) in [6.45, 7) is 3.47. The Labute approximate surface area is 112 Å². The van der Waals surface area contributed by atoms with Gasteiger partial charge in [0.05, 0.1) is 0 Å².